The minimum Gasteiger partial charge on any atom is -0.496 e. The third kappa shape index (κ3) is 4.92. The van der Waals surface area contributed by atoms with Gasteiger partial charge < -0.3 is 10.1 Å². The Morgan fingerprint density at radius 1 is 1.29 bits per heavy atom. The lowest BCUT2D eigenvalue weighted by molar-refractivity contribution is 0.0954. The van der Waals surface area contributed by atoms with Crippen LogP contribution < -0.4 is 10.1 Å². The van der Waals surface area contributed by atoms with Crippen molar-refractivity contribution in [2.45, 2.75) is 6.42 Å². The molecule has 0 atom stereocenters. The topological polar surface area (TPSA) is 51.2 Å². The van der Waals surface area contributed by atoms with Crippen LogP contribution in [0.25, 0.3) is 0 Å². The molecule has 1 aromatic carbocycles. The number of hydrogen-bond donors (Lipinski definition) is 1. The number of carbonyl (C=O) groups is 1. The Balaban J connectivity index is 0.00000220. The highest BCUT2D eigenvalue weighted by molar-refractivity contribution is 6.30. The van der Waals surface area contributed by atoms with Gasteiger partial charge in [-0.3, -0.25) is 9.78 Å². The zero-order valence-corrected chi connectivity index (χ0v) is 13.1. The number of amides is 1. The maximum atomic E-state index is 11.9. The molecule has 0 fully saturated rings. The zero-order chi connectivity index (χ0) is 14.4. The number of ether oxygens (including phenoxy) is 1. The van der Waals surface area contributed by atoms with E-state index in [1.165, 1.54) is 0 Å². The molecular weight excluding hydrogens is 311 g/mol. The molecule has 0 spiro atoms. The molecule has 0 saturated heterocycles. The lowest BCUT2D eigenvalue weighted by Crippen LogP contribution is -2.25. The van der Waals surface area contributed by atoms with Crippen LogP contribution >= 0.6 is 24.0 Å². The molecule has 2 aromatic rings. The number of hydrogen-bond acceptors (Lipinski definition) is 3. The van der Waals surface area contributed by atoms with Crippen LogP contribution in [0.5, 0.6) is 5.75 Å². The Kier molecular flexibility index (Phi) is 6.99. The molecule has 0 aliphatic rings. The highest BCUT2D eigenvalue weighted by Gasteiger charge is 2.06. The first kappa shape index (κ1) is 17.3. The van der Waals surface area contributed by atoms with Crippen LogP contribution in [0.15, 0.2) is 42.7 Å². The van der Waals surface area contributed by atoms with Crippen molar-refractivity contribution in [3.05, 3.63) is 58.9 Å². The van der Waals surface area contributed by atoms with Crippen molar-refractivity contribution in [3.8, 4) is 5.75 Å². The van der Waals surface area contributed by atoms with Crippen LogP contribution in [-0.2, 0) is 6.42 Å². The first-order valence-corrected chi connectivity index (χ1v) is 6.59. The van der Waals surface area contributed by atoms with Gasteiger partial charge >= 0.3 is 0 Å². The second kappa shape index (κ2) is 8.49. The average molecular weight is 327 g/mol. The van der Waals surface area contributed by atoms with Gasteiger partial charge in [0.05, 0.1) is 7.11 Å². The fourth-order valence-electron chi connectivity index (χ4n) is 1.86. The Hall–Kier alpha value is -1.78. The third-order valence-electron chi connectivity index (χ3n) is 2.86. The quantitative estimate of drug-likeness (QED) is 0.918. The predicted octanol–water partition coefficient (Wildman–Crippen LogP) is 3.14. The standard InChI is InChI=1S/C15H15ClN2O2.ClH/c1-20-14-3-2-13(16)10-12(14)6-9-18-15(19)11-4-7-17-8-5-11;/h2-5,7-8,10H,6,9H2,1H3,(H,18,19);1H. The molecule has 1 N–H and O–H groups in total. The number of nitrogens with zero attached hydrogens (tertiary/aromatic N) is 1. The van der Waals surface area contributed by atoms with Gasteiger partial charge in [0, 0.05) is 29.5 Å². The van der Waals surface area contributed by atoms with Crippen molar-refractivity contribution in [3.63, 3.8) is 0 Å². The molecule has 2 rings (SSSR count). The lowest BCUT2D eigenvalue weighted by atomic mass is 10.1. The van der Waals surface area contributed by atoms with Gasteiger partial charge in [0.25, 0.3) is 5.91 Å². The highest BCUT2D eigenvalue weighted by Crippen LogP contribution is 2.22. The lowest BCUT2D eigenvalue weighted by Gasteiger charge is -2.09. The number of methoxy groups -OCH3 is 1. The molecule has 112 valence electrons. The number of rotatable bonds is 5. The fraction of sp³-hybridized carbons (Fsp3) is 0.200. The molecule has 0 aliphatic carbocycles. The van der Waals surface area contributed by atoms with Crippen LogP contribution in [0.3, 0.4) is 0 Å². The van der Waals surface area contributed by atoms with Crippen molar-refractivity contribution >= 4 is 29.9 Å². The molecule has 0 radical (unpaired) electrons. The summed E-state index contributed by atoms with van der Waals surface area (Å²) in [4.78, 5) is 15.7. The van der Waals surface area contributed by atoms with Crippen molar-refractivity contribution in [1.82, 2.24) is 10.3 Å². The summed E-state index contributed by atoms with van der Waals surface area (Å²) in [6, 6.07) is 8.80. The summed E-state index contributed by atoms with van der Waals surface area (Å²) in [7, 11) is 1.61. The van der Waals surface area contributed by atoms with Crippen molar-refractivity contribution in [1.29, 1.82) is 0 Å². The zero-order valence-electron chi connectivity index (χ0n) is 11.5. The molecule has 1 aromatic heterocycles. The van der Waals surface area contributed by atoms with Gasteiger partial charge in [0.1, 0.15) is 5.75 Å². The fourth-order valence-corrected chi connectivity index (χ4v) is 2.05. The number of benzene rings is 1. The van der Waals surface area contributed by atoms with Crippen LogP contribution in [0.2, 0.25) is 5.02 Å². The summed E-state index contributed by atoms with van der Waals surface area (Å²) < 4.78 is 5.26. The van der Waals surface area contributed by atoms with E-state index in [0.717, 1.165) is 11.3 Å². The van der Waals surface area contributed by atoms with Crippen molar-refractivity contribution < 1.29 is 9.53 Å². The monoisotopic (exact) mass is 326 g/mol. The van der Waals surface area contributed by atoms with Gasteiger partial charge in [-0.15, -0.1) is 12.4 Å². The maximum absolute atomic E-state index is 11.9. The molecule has 1 amide bonds. The van der Waals surface area contributed by atoms with Gasteiger partial charge in [-0.05, 0) is 42.3 Å². The molecular formula is C15H16Cl2N2O2. The van der Waals surface area contributed by atoms with E-state index in [9.17, 15) is 4.79 Å². The summed E-state index contributed by atoms with van der Waals surface area (Å²) in [5.74, 6) is 0.654. The van der Waals surface area contributed by atoms with Crippen LogP contribution in [-0.4, -0.2) is 24.5 Å². The van der Waals surface area contributed by atoms with E-state index < -0.39 is 0 Å². The summed E-state index contributed by atoms with van der Waals surface area (Å²) in [5, 5.41) is 3.51. The highest BCUT2D eigenvalue weighted by atomic mass is 35.5. The molecule has 1 heterocycles. The van der Waals surface area contributed by atoms with Crippen molar-refractivity contribution in [2.75, 3.05) is 13.7 Å². The Morgan fingerprint density at radius 2 is 2.00 bits per heavy atom. The normalized spacial score (nSPS) is 9.62. The first-order valence-electron chi connectivity index (χ1n) is 6.21. The first-order chi connectivity index (χ1) is 9.70. The Bertz CT molecular complexity index is 591. The SMILES string of the molecule is COc1ccc(Cl)cc1CCNC(=O)c1ccncc1.Cl. The van der Waals surface area contributed by atoms with Gasteiger partial charge in [0.2, 0.25) is 0 Å². The van der Waals surface area contributed by atoms with Crippen LogP contribution in [0.4, 0.5) is 0 Å². The molecule has 4 nitrogen and oxygen atoms in total. The van der Waals surface area contributed by atoms with Crippen molar-refractivity contribution in [2.24, 2.45) is 0 Å². The molecule has 0 unspecified atom stereocenters. The summed E-state index contributed by atoms with van der Waals surface area (Å²) >= 11 is 5.96. The van der Waals surface area contributed by atoms with E-state index in [0.29, 0.717) is 23.6 Å². The number of halogens is 2. The number of carbonyl (C=O) groups excluding carboxylic acids is 1. The van der Waals surface area contributed by atoms with E-state index in [1.54, 1.807) is 37.7 Å². The molecule has 6 heteroatoms. The van der Waals surface area contributed by atoms with Gasteiger partial charge in [-0.25, -0.2) is 0 Å². The molecule has 0 aliphatic heterocycles. The predicted molar refractivity (Wildman–Crippen MR) is 85.5 cm³/mol. The number of pyridine rings is 1. The smallest absolute Gasteiger partial charge is 0.251 e. The summed E-state index contributed by atoms with van der Waals surface area (Å²) in [5.41, 5.74) is 1.56. The minimum absolute atomic E-state index is 0. The Labute approximate surface area is 134 Å². The van der Waals surface area contributed by atoms with E-state index in [2.05, 4.69) is 10.3 Å². The maximum Gasteiger partial charge on any atom is 0.251 e. The van der Waals surface area contributed by atoms with E-state index in [-0.39, 0.29) is 18.3 Å². The summed E-state index contributed by atoms with van der Waals surface area (Å²) in [6.07, 6.45) is 3.84. The molecule has 0 bridgehead atoms. The van der Waals surface area contributed by atoms with E-state index in [4.69, 9.17) is 16.3 Å². The molecule has 21 heavy (non-hydrogen) atoms. The van der Waals surface area contributed by atoms with Gasteiger partial charge in [-0.1, -0.05) is 11.6 Å². The third-order valence-corrected chi connectivity index (χ3v) is 3.10. The number of aromatic nitrogens is 1. The van der Waals surface area contributed by atoms with Gasteiger partial charge in [0.15, 0.2) is 0 Å². The van der Waals surface area contributed by atoms with Crippen LogP contribution in [0, 0.1) is 0 Å². The van der Waals surface area contributed by atoms with E-state index >= 15 is 0 Å². The molecule has 0 saturated carbocycles. The average Bonchev–Trinajstić information content (AvgIpc) is 2.48. The van der Waals surface area contributed by atoms with E-state index in [1.807, 2.05) is 12.1 Å². The minimum atomic E-state index is -0.117. The van der Waals surface area contributed by atoms with Gasteiger partial charge in [-0.2, -0.15) is 0 Å². The summed E-state index contributed by atoms with van der Waals surface area (Å²) in [6.45, 7) is 0.512. The largest absolute Gasteiger partial charge is 0.496 e. The van der Waals surface area contributed by atoms with Crippen LogP contribution in [0.1, 0.15) is 15.9 Å². The Morgan fingerprint density at radius 3 is 2.67 bits per heavy atom. The second-order valence-electron chi connectivity index (χ2n) is 4.20. The number of nitrogens with one attached hydrogen (secondary N) is 1. The second-order valence-corrected chi connectivity index (χ2v) is 4.63.